The highest BCUT2D eigenvalue weighted by Gasteiger charge is 2.41. The molecule has 0 bridgehead atoms. The highest BCUT2D eigenvalue weighted by molar-refractivity contribution is 7.89. The molecule has 1 fully saturated rings. The molecule has 0 radical (unpaired) electrons. The van der Waals surface area contributed by atoms with Crippen LogP contribution in [0.4, 0.5) is 0 Å². The van der Waals surface area contributed by atoms with E-state index in [1.54, 1.807) is 0 Å². The zero-order valence-electron chi connectivity index (χ0n) is 15.6. The number of methoxy groups -OCH3 is 3. The molecule has 7 nitrogen and oxygen atoms in total. The van der Waals surface area contributed by atoms with Crippen LogP contribution in [0, 0.1) is 0 Å². The Morgan fingerprint density at radius 2 is 1.56 bits per heavy atom. The molecule has 0 spiro atoms. The van der Waals surface area contributed by atoms with Gasteiger partial charge in [0.1, 0.15) is 17.2 Å². The summed E-state index contributed by atoms with van der Waals surface area (Å²) < 4.78 is 44.0. The largest absolute Gasteiger partial charge is 0.496 e. The van der Waals surface area contributed by atoms with Gasteiger partial charge >= 0.3 is 0 Å². The summed E-state index contributed by atoms with van der Waals surface area (Å²) in [6, 6.07) is 12.5. The minimum atomic E-state index is -3.88. The van der Waals surface area contributed by atoms with Crippen molar-refractivity contribution in [3.05, 3.63) is 48.0 Å². The van der Waals surface area contributed by atoms with Crippen molar-refractivity contribution in [2.75, 3.05) is 34.4 Å². The smallest absolute Gasteiger partial charge is 0.250 e. The summed E-state index contributed by atoms with van der Waals surface area (Å²) in [5.74, 6) is 0.713. The number of hydrogen-bond acceptors (Lipinski definition) is 6. The van der Waals surface area contributed by atoms with Gasteiger partial charge in [-0.05, 0) is 5.56 Å². The van der Waals surface area contributed by atoms with Crippen LogP contribution >= 0.6 is 0 Å². The lowest BCUT2D eigenvalue weighted by Crippen LogP contribution is -2.32. The number of rotatable bonds is 6. The standard InChI is InChI=1S/C19H24N2O5S/c1-24-14-9-17(25-2)19(18(10-14)26-3)27(22,23)21-11-15(16(20)12-21)13-7-5-4-6-8-13/h4-10,15-16H,11-12,20H2,1-3H3/t15-,16+/m0/s1. The van der Waals surface area contributed by atoms with Crippen LogP contribution in [0.2, 0.25) is 0 Å². The lowest BCUT2D eigenvalue weighted by Gasteiger charge is -2.21. The van der Waals surface area contributed by atoms with Crippen LogP contribution in [-0.4, -0.2) is 53.2 Å². The lowest BCUT2D eigenvalue weighted by atomic mass is 9.95. The number of benzene rings is 2. The Morgan fingerprint density at radius 1 is 0.963 bits per heavy atom. The maximum absolute atomic E-state index is 13.4. The fourth-order valence-corrected chi connectivity index (χ4v) is 5.17. The quantitative estimate of drug-likeness (QED) is 0.806. The van der Waals surface area contributed by atoms with E-state index < -0.39 is 10.0 Å². The molecule has 0 aliphatic carbocycles. The van der Waals surface area contributed by atoms with Gasteiger partial charge in [-0.3, -0.25) is 0 Å². The van der Waals surface area contributed by atoms with E-state index in [4.69, 9.17) is 19.9 Å². The molecule has 2 N–H and O–H groups in total. The summed E-state index contributed by atoms with van der Waals surface area (Å²) in [7, 11) is 0.442. The Bertz CT molecular complexity index is 877. The van der Waals surface area contributed by atoms with Crippen LogP contribution in [0.1, 0.15) is 11.5 Å². The van der Waals surface area contributed by atoms with Gasteiger partial charge in [0.2, 0.25) is 0 Å². The molecular formula is C19H24N2O5S. The fourth-order valence-electron chi connectivity index (χ4n) is 3.40. The van der Waals surface area contributed by atoms with E-state index >= 15 is 0 Å². The number of ether oxygens (including phenoxy) is 3. The van der Waals surface area contributed by atoms with E-state index in [9.17, 15) is 8.42 Å². The maximum Gasteiger partial charge on any atom is 0.250 e. The molecule has 0 aromatic heterocycles. The van der Waals surface area contributed by atoms with E-state index in [2.05, 4.69) is 0 Å². The van der Waals surface area contributed by atoms with E-state index in [-0.39, 0.29) is 34.9 Å². The van der Waals surface area contributed by atoms with Crippen LogP contribution < -0.4 is 19.9 Å². The van der Waals surface area contributed by atoms with Gasteiger partial charge in [0.15, 0.2) is 4.90 Å². The van der Waals surface area contributed by atoms with Crippen molar-refractivity contribution in [1.29, 1.82) is 0 Å². The zero-order valence-corrected chi connectivity index (χ0v) is 16.4. The molecule has 146 valence electrons. The van der Waals surface area contributed by atoms with Gasteiger partial charge in [0, 0.05) is 37.2 Å². The summed E-state index contributed by atoms with van der Waals surface area (Å²) in [6.07, 6.45) is 0. The van der Waals surface area contributed by atoms with Crippen molar-refractivity contribution in [1.82, 2.24) is 4.31 Å². The Kier molecular flexibility index (Phi) is 5.59. The van der Waals surface area contributed by atoms with Crippen molar-refractivity contribution in [3.8, 4) is 17.2 Å². The first kappa shape index (κ1) is 19.5. The first-order valence-electron chi connectivity index (χ1n) is 8.53. The molecule has 0 saturated carbocycles. The third-order valence-corrected chi connectivity index (χ3v) is 6.72. The van der Waals surface area contributed by atoms with Crippen molar-refractivity contribution in [3.63, 3.8) is 0 Å². The molecule has 2 atom stereocenters. The van der Waals surface area contributed by atoms with Crippen molar-refractivity contribution < 1.29 is 22.6 Å². The highest BCUT2D eigenvalue weighted by Crippen LogP contribution is 2.41. The molecule has 3 rings (SSSR count). The van der Waals surface area contributed by atoms with Gasteiger partial charge in [-0.2, -0.15) is 4.31 Å². The molecule has 27 heavy (non-hydrogen) atoms. The summed E-state index contributed by atoms with van der Waals surface area (Å²) in [6.45, 7) is 0.520. The first-order chi connectivity index (χ1) is 12.9. The Morgan fingerprint density at radius 3 is 2.07 bits per heavy atom. The topological polar surface area (TPSA) is 91.1 Å². The lowest BCUT2D eigenvalue weighted by molar-refractivity contribution is 0.355. The molecule has 2 aromatic rings. The Balaban J connectivity index is 2.00. The minimum Gasteiger partial charge on any atom is -0.496 e. The van der Waals surface area contributed by atoms with Gasteiger partial charge in [-0.1, -0.05) is 30.3 Å². The minimum absolute atomic E-state index is 0.0192. The average molecular weight is 392 g/mol. The maximum atomic E-state index is 13.4. The molecule has 1 heterocycles. The van der Waals surface area contributed by atoms with Crippen LogP contribution in [0.15, 0.2) is 47.4 Å². The predicted molar refractivity (Wildman–Crippen MR) is 102 cm³/mol. The monoisotopic (exact) mass is 392 g/mol. The van der Waals surface area contributed by atoms with Gasteiger partial charge in [0.05, 0.1) is 21.3 Å². The second-order valence-electron chi connectivity index (χ2n) is 6.36. The van der Waals surface area contributed by atoms with Gasteiger partial charge in [-0.15, -0.1) is 0 Å². The SMILES string of the molecule is COc1cc(OC)c(S(=O)(=O)N2C[C@@H](N)[C@H](c3ccccc3)C2)c(OC)c1. The summed E-state index contributed by atoms with van der Waals surface area (Å²) in [5.41, 5.74) is 7.30. The van der Waals surface area contributed by atoms with E-state index in [0.29, 0.717) is 12.3 Å². The number of nitrogens with zero attached hydrogens (tertiary/aromatic N) is 1. The molecule has 0 amide bonds. The predicted octanol–water partition coefficient (Wildman–Crippen LogP) is 1.83. The second kappa shape index (κ2) is 7.75. The molecule has 8 heteroatoms. The van der Waals surface area contributed by atoms with Crippen molar-refractivity contribution in [2.24, 2.45) is 5.73 Å². The summed E-state index contributed by atoms with van der Waals surface area (Å²) >= 11 is 0. The number of nitrogens with two attached hydrogens (primary N) is 1. The van der Waals surface area contributed by atoms with Crippen LogP contribution in [-0.2, 0) is 10.0 Å². The van der Waals surface area contributed by atoms with E-state index in [0.717, 1.165) is 5.56 Å². The van der Waals surface area contributed by atoms with E-state index in [1.165, 1.54) is 37.8 Å². The molecule has 1 aliphatic rings. The molecular weight excluding hydrogens is 368 g/mol. The number of sulfonamides is 1. The van der Waals surface area contributed by atoms with Crippen LogP contribution in [0.25, 0.3) is 0 Å². The van der Waals surface area contributed by atoms with Crippen molar-refractivity contribution in [2.45, 2.75) is 16.9 Å². The van der Waals surface area contributed by atoms with E-state index in [1.807, 2.05) is 30.3 Å². The highest BCUT2D eigenvalue weighted by atomic mass is 32.2. The zero-order chi connectivity index (χ0) is 19.6. The first-order valence-corrected chi connectivity index (χ1v) is 9.97. The van der Waals surface area contributed by atoms with Crippen molar-refractivity contribution >= 4 is 10.0 Å². The molecule has 2 aromatic carbocycles. The molecule has 0 unspecified atom stereocenters. The Labute approximate surface area is 159 Å². The van der Waals surface area contributed by atoms with Gasteiger partial charge in [-0.25, -0.2) is 8.42 Å². The average Bonchev–Trinajstić information content (AvgIpc) is 3.09. The third-order valence-electron chi connectivity index (χ3n) is 4.83. The van der Waals surface area contributed by atoms with Crippen LogP contribution in [0.3, 0.4) is 0 Å². The Hall–Kier alpha value is -2.29. The molecule has 1 aliphatic heterocycles. The fraction of sp³-hybridized carbons (Fsp3) is 0.368. The summed E-state index contributed by atoms with van der Waals surface area (Å²) in [4.78, 5) is -0.0192. The summed E-state index contributed by atoms with van der Waals surface area (Å²) in [5, 5.41) is 0. The second-order valence-corrected chi connectivity index (χ2v) is 8.24. The van der Waals surface area contributed by atoms with Crippen LogP contribution in [0.5, 0.6) is 17.2 Å². The number of hydrogen-bond donors (Lipinski definition) is 1. The van der Waals surface area contributed by atoms with Gasteiger partial charge in [0.25, 0.3) is 10.0 Å². The third kappa shape index (κ3) is 3.60. The normalized spacial score (nSPS) is 20.4. The van der Waals surface area contributed by atoms with Gasteiger partial charge < -0.3 is 19.9 Å². The molecule has 1 saturated heterocycles.